The summed E-state index contributed by atoms with van der Waals surface area (Å²) in [5.74, 6) is 0.212. The summed E-state index contributed by atoms with van der Waals surface area (Å²) in [4.78, 5) is 7.88. The third kappa shape index (κ3) is 5.17. The number of alkyl halides is 3. The first-order chi connectivity index (χ1) is 15.4. The molecule has 0 amide bonds. The van der Waals surface area contributed by atoms with Gasteiger partial charge in [0, 0.05) is 17.6 Å². The van der Waals surface area contributed by atoms with Crippen molar-refractivity contribution in [2.45, 2.75) is 44.2 Å². The number of halogens is 3. The molecule has 4 rings (SSSR count). The van der Waals surface area contributed by atoms with E-state index in [0.29, 0.717) is 22.9 Å². The van der Waals surface area contributed by atoms with Crippen LogP contribution < -0.4 is 10.6 Å². The minimum atomic E-state index is -4.60. The molecule has 1 aromatic heterocycles. The summed E-state index contributed by atoms with van der Waals surface area (Å²) in [6, 6.07) is 16.0. The molecule has 1 heterocycles. The Balaban J connectivity index is 1.56. The summed E-state index contributed by atoms with van der Waals surface area (Å²) in [7, 11) is 0. The van der Waals surface area contributed by atoms with E-state index >= 15 is 0 Å². The lowest BCUT2D eigenvalue weighted by atomic mass is 9.84. The smallest absolute Gasteiger partial charge is 0.340 e. The monoisotopic (exact) mass is 437 g/mol. The highest BCUT2D eigenvalue weighted by Crippen LogP contribution is 2.36. The van der Waals surface area contributed by atoms with Crippen molar-refractivity contribution >= 4 is 23.1 Å². The lowest BCUT2D eigenvalue weighted by Gasteiger charge is -2.22. The molecule has 0 radical (unpaired) electrons. The molecule has 5 nitrogen and oxygen atoms in total. The molecular formula is C24H22F3N5. The Morgan fingerprint density at radius 2 is 1.50 bits per heavy atom. The van der Waals surface area contributed by atoms with Crippen LogP contribution in [0.5, 0.6) is 0 Å². The molecule has 2 aromatic carbocycles. The fraction of sp³-hybridized carbons (Fsp3) is 0.292. The Hall–Kier alpha value is -3.60. The van der Waals surface area contributed by atoms with Crippen LogP contribution in [0.3, 0.4) is 0 Å². The average Bonchev–Trinajstić information content (AvgIpc) is 2.80. The van der Waals surface area contributed by atoms with E-state index in [0.717, 1.165) is 19.0 Å². The molecule has 2 N–H and O–H groups in total. The molecule has 0 bridgehead atoms. The minimum Gasteiger partial charge on any atom is -0.340 e. The Morgan fingerprint density at radius 1 is 0.875 bits per heavy atom. The van der Waals surface area contributed by atoms with Gasteiger partial charge in [-0.2, -0.15) is 23.4 Å². The summed E-state index contributed by atoms with van der Waals surface area (Å²) in [5, 5.41) is 14.6. The Kier molecular flexibility index (Phi) is 6.26. The molecule has 0 unspecified atom stereocenters. The second-order valence-electron chi connectivity index (χ2n) is 7.85. The molecular weight excluding hydrogens is 415 g/mol. The van der Waals surface area contributed by atoms with Gasteiger partial charge in [-0.05, 0) is 60.7 Å². The van der Waals surface area contributed by atoms with Gasteiger partial charge in [-0.3, -0.25) is 0 Å². The van der Waals surface area contributed by atoms with Crippen molar-refractivity contribution < 1.29 is 13.2 Å². The number of hydrogen-bond donors (Lipinski definition) is 2. The summed E-state index contributed by atoms with van der Waals surface area (Å²) in [6.07, 6.45) is 2.17. The molecule has 1 saturated carbocycles. The second kappa shape index (κ2) is 9.27. The normalized spacial score (nSPS) is 14.6. The van der Waals surface area contributed by atoms with Crippen LogP contribution in [0.4, 0.5) is 36.3 Å². The number of benzene rings is 2. The summed E-state index contributed by atoms with van der Waals surface area (Å²) >= 11 is 0. The Morgan fingerprint density at radius 3 is 2.12 bits per heavy atom. The zero-order valence-corrected chi connectivity index (χ0v) is 17.3. The Labute approximate surface area is 184 Å². The zero-order chi connectivity index (χ0) is 22.6. The van der Waals surface area contributed by atoms with Gasteiger partial charge in [-0.15, -0.1) is 0 Å². The predicted molar refractivity (Wildman–Crippen MR) is 117 cm³/mol. The van der Waals surface area contributed by atoms with Gasteiger partial charge >= 0.3 is 6.18 Å². The number of nitrogens with one attached hydrogen (secondary N) is 2. The third-order valence-corrected chi connectivity index (χ3v) is 5.61. The number of nitriles is 1. The quantitative estimate of drug-likeness (QED) is 0.454. The van der Waals surface area contributed by atoms with Crippen LogP contribution >= 0.6 is 0 Å². The van der Waals surface area contributed by atoms with E-state index in [9.17, 15) is 13.2 Å². The maximum atomic E-state index is 13.5. The molecule has 0 atom stereocenters. The largest absolute Gasteiger partial charge is 0.421 e. The van der Waals surface area contributed by atoms with E-state index in [2.05, 4.69) is 20.6 Å². The number of anilines is 4. The van der Waals surface area contributed by atoms with E-state index in [1.165, 1.54) is 24.8 Å². The number of aromatic nitrogens is 2. The van der Waals surface area contributed by atoms with Crippen LogP contribution in [0.15, 0.2) is 54.7 Å². The van der Waals surface area contributed by atoms with Gasteiger partial charge in [0.1, 0.15) is 11.4 Å². The van der Waals surface area contributed by atoms with Gasteiger partial charge in [0.2, 0.25) is 5.95 Å². The van der Waals surface area contributed by atoms with Crippen LogP contribution in [0.25, 0.3) is 0 Å². The lowest BCUT2D eigenvalue weighted by molar-refractivity contribution is -0.137. The number of hydrogen-bond acceptors (Lipinski definition) is 5. The molecule has 0 saturated heterocycles. The molecule has 0 aliphatic heterocycles. The average molecular weight is 437 g/mol. The second-order valence-corrected chi connectivity index (χ2v) is 7.85. The molecule has 8 heteroatoms. The van der Waals surface area contributed by atoms with E-state index in [1.54, 1.807) is 36.4 Å². The highest BCUT2D eigenvalue weighted by molar-refractivity contribution is 5.63. The maximum Gasteiger partial charge on any atom is 0.421 e. The van der Waals surface area contributed by atoms with Crippen molar-refractivity contribution in [2.75, 3.05) is 10.6 Å². The van der Waals surface area contributed by atoms with Gasteiger partial charge in [0.15, 0.2) is 0 Å². The fourth-order valence-corrected chi connectivity index (χ4v) is 3.91. The number of nitrogens with zero attached hydrogens (tertiary/aromatic N) is 3. The van der Waals surface area contributed by atoms with Crippen LogP contribution in [0.1, 0.15) is 54.7 Å². The first-order valence-corrected chi connectivity index (χ1v) is 10.5. The Bertz CT molecular complexity index is 1100. The third-order valence-electron chi connectivity index (χ3n) is 5.61. The van der Waals surface area contributed by atoms with Crippen LogP contribution in [-0.4, -0.2) is 9.97 Å². The maximum absolute atomic E-state index is 13.5. The molecule has 1 aliphatic rings. The van der Waals surface area contributed by atoms with Crippen LogP contribution in [0, 0.1) is 11.3 Å². The van der Waals surface area contributed by atoms with Gasteiger partial charge in [0.25, 0.3) is 0 Å². The van der Waals surface area contributed by atoms with E-state index in [1.807, 2.05) is 18.2 Å². The van der Waals surface area contributed by atoms with Crippen molar-refractivity contribution in [3.63, 3.8) is 0 Å². The highest BCUT2D eigenvalue weighted by atomic mass is 19.4. The van der Waals surface area contributed by atoms with Gasteiger partial charge in [0.05, 0.1) is 11.6 Å². The molecule has 164 valence electrons. The summed E-state index contributed by atoms with van der Waals surface area (Å²) in [6.45, 7) is 0. The van der Waals surface area contributed by atoms with Crippen molar-refractivity contribution in [3.8, 4) is 6.07 Å². The van der Waals surface area contributed by atoms with E-state index < -0.39 is 11.7 Å². The van der Waals surface area contributed by atoms with Crippen molar-refractivity contribution in [1.82, 2.24) is 9.97 Å². The van der Waals surface area contributed by atoms with Gasteiger partial charge < -0.3 is 10.6 Å². The van der Waals surface area contributed by atoms with Crippen LogP contribution in [0.2, 0.25) is 0 Å². The highest BCUT2D eigenvalue weighted by Gasteiger charge is 2.35. The predicted octanol–water partition coefficient (Wildman–Crippen LogP) is 6.90. The van der Waals surface area contributed by atoms with E-state index in [-0.39, 0.29) is 11.8 Å². The lowest BCUT2D eigenvalue weighted by Crippen LogP contribution is -2.12. The van der Waals surface area contributed by atoms with E-state index in [4.69, 9.17) is 5.26 Å². The fourth-order valence-electron chi connectivity index (χ4n) is 3.91. The first kappa shape index (κ1) is 21.6. The molecule has 0 spiro atoms. The molecule has 1 aliphatic carbocycles. The van der Waals surface area contributed by atoms with Crippen molar-refractivity contribution in [1.29, 1.82) is 5.26 Å². The molecule has 3 aromatic rings. The molecule has 32 heavy (non-hydrogen) atoms. The summed E-state index contributed by atoms with van der Waals surface area (Å²) in [5.41, 5.74) is 1.84. The first-order valence-electron chi connectivity index (χ1n) is 10.5. The minimum absolute atomic E-state index is 0.0176. The zero-order valence-electron chi connectivity index (χ0n) is 17.3. The van der Waals surface area contributed by atoms with Gasteiger partial charge in [-0.1, -0.05) is 31.4 Å². The summed E-state index contributed by atoms with van der Waals surface area (Å²) < 4.78 is 40.6. The topological polar surface area (TPSA) is 73.6 Å². The van der Waals surface area contributed by atoms with Crippen LogP contribution in [-0.2, 0) is 6.18 Å². The number of rotatable bonds is 5. The van der Waals surface area contributed by atoms with Gasteiger partial charge in [-0.25, -0.2) is 4.98 Å². The van der Waals surface area contributed by atoms with Crippen molar-refractivity contribution in [3.05, 3.63) is 71.4 Å². The molecule has 1 fully saturated rings. The standard InChI is InChI=1S/C24H22F3N5/c25-24(26,27)21-15-29-23(31-20-10-6-16(14-28)7-11-20)32-22(21)30-19-12-8-18(9-13-19)17-4-2-1-3-5-17/h6-13,15,17H,1-5H2,(H2,29,30,31,32). The van der Waals surface area contributed by atoms with Crippen molar-refractivity contribution in [2.24, 2.45) is 0 Å². The SMILES string of the molecule is N#Cc1ccc(Nc2ncc(C(F)(F)F)c(Nc3ccc(C4CCCCC4)cc3)n2)cc1.